The zero-order valence-electron chi connectivity index (χ0n) is 11.3. The van der Waals surface area contributed by atoms with Gasteiger partial charge in [0.2, 0.25) is 0 Å². The maximum absolute atomic E-state index is 5.26. The normalized spacial score (nSPS) is 10.2. The molecule has 102 valence electrons. The van der Waals surface area contributed by atoms with Crippen molar-refractivity contribution in [3.63, 3.8) is 0 Å². The lowest BCUT2D eigenvalue weighted by molar-refractivity contribution is 0.355. The SMILES string of the molecule is COc1ccc(NCCCn2ccnc2)cc1OC. The van der Waals surface area contributed by atoms with Gasteiger partial charge < -0.3 is 19.4 Å². The molecule has 0 fully saturated rings. The van der Waals surface area contributed by atoms with Gasteiger partial charge in [-0.2, -0.15) is 0 Å². The molecule has 5 nitrogen and oxygen atoms in total. The number of benzene rings is 1. The molecular weight excluding hydrogens is 242 g/mol. The second-order valence-electron chi connectivity index (χ2n) is 4.15. The molecule has 0 spiro atoms. The topological polar surface area (TPSA) is 48.3 Å². The fraction of sp³-hybridized carbons (Fsp3) is 0.357. The molecule has 1 heterocycles. The van der Waals surface area contributed by atoms with E-state index in [0.29, 0.717) is 0 Å². The third-order valence-corrected chi connectivity index (χ3v) is 2.86. The second kappa shape index (κ2) is 6.68. The minimum atomic E-state index is 0.738. The molecule has 0 amide bonds. The summed E-state index contributed by atoms with van der Waals surface area (Å²) in [6, 6.07) is 5.83. The van der Waals surface area contributed by atoms with E-state index in [-0.39, 0.29) is 0 Å². The predicted octanol–water partition coefficient (Wildman–Crippen LogP) is 2.40. The minimum Gasteiger partial charge on any atom is -0.493 e. The number of hydrogen-bond acceptors (Lipinski definition) is 4. The van der Waals surface area contributed by atoms with E-state index in [4.69, 9.17) is 9.47 Å². The van der Waals surface area contributed by atoms with Crippen LogP contribution in [0.2, 0.25) is 0 Å². The Morgan fingerprint density at radius 1 is 1.21 bits per heavy atom. The first kappa shape index (κ1) is 13.3. The van der Waals surface area contributed by atoms with Crippen LogP contribution in [-0.4, -0.2) is 30.3 Å². The van der Waals surface area contributed by atoms with Crippen LogP contribution in [0, 0.1) is 0 Å². The molecule has 1 aromatic heterocycles. The fourth-order valence-corrected chi connectivity index (χ4v) is 1.86. The van der Waals surface area contributed by atoms with Gasteiger partial charge in [-0.1, -0.05) is 0 Å². The lowest BCUT2D eigenvalue weighted by Crippen LogP contribution is -2.06. The van der Waals surface area contributed by atoms with Gasteiger partial charge in [0, 0.05) is 37.2 Å². The second-order valence-corrected chi connectivity index (χ2v) is 4.15. The lowest BCUT2D eigenvalue weighted by Gasteiger charge is -2.11. The van der Waals surface area contributed by atoms with E-state index in [2.05, 4.69) is 14.9 Å². The molecule has 0 radical (unpaired) electrons. The minimum absolute atomic E-state index is 0.738. The zero-order valence-corrected chi connectivity index (χ0v) is 11.3. The number of hydrogen-bond donors (Lipinski definition) is 1. The Bertz CT molecular complexity index is 497. The van der Waals surface area contributed by atoms with Crippen molar-refractivity contribution in [3.05, 3.63) is 36.9 Å². The molecular formula is C14H19N3O2. The first-order chi connectivity index (χ1) is 9.33. The summed E-state index contributed by atoms with van der Waals surface area (Å²) in [5.74, 6) is 1.48. The molecule has 1 aromatic carbocycles. The maximum atomic E-state index is 5.26. The molecule has 0 saturated heterocycles. The highest BCUT2D eigenvalue weighted by atomic mass is 16.5. The highest BCUT2D eigenvalue weighted by Gasteiger charge is 2.03. The van der Waals surface area contributed by atoms with Crippen LogP contribution < -0.4 is 14.8 Å². The Hall–Kier alpha value is -2.17. The first-order valence-corrected chi connectivity index (χ1v) is 6.25. The van der Waals surface area contributed by atoms with Gasteiger partial charge in [0.15, 0.2) is 11.5 Å². The molecule has 0 aliphatic rings. The summed E-state index contributed by atoms with van der Waals surface area (Å²) in [7, 11) is 3.27. The monoisotopic (exact) mass is 261 g/mol. The van der Waals surface area contributed by atoms with E-state index < -0.39 is 0 Å². The van der Waals surface area contributed by atoms with Gasteiger partial charge in [-0.05, 0) is 18.6 Å². The highest BCUT2D eigenvalue weighted by Crippen LogP contribution is 2.29. The van der Waals surface area contributed by atoms with Crippen LogP contribution in [-0.2, 0) is 6.54 Å². The van der Waals surface area contributed by atoms with Gasteiger partial charge in [-0.3, -0.25) is 0 Å². The summed E-state index contributed by atoms with van der Waals surface area (Å²) in [6.07, 6.45) is 6.62. The van der Waals surface area contributed by atoms with Gasteiger partial charge in [0.25, 0.3) is 0 Å². The molecule has 0 aliphatic carbocycles. The molecule has 0 unspecified atom stereocenters. The summed E-state index contributed by atoms with van der Waals surface area (Å²) in [5, 5.41) is 3.36. The van der Waals surface area contributed by atoms with Crippen molar-refractivity contribution in [1.29, 1.82) is 0 Å². The van der Waals surface area contributed by atoms with Crippen molar-refractivity contribution in [2.75, 3.05) is 26.1 Å². The summed E-state index contributed by atoms with van der Waals surface area (Å²) >= 11 is 0. The molecule has 19 heavy (non-hydrogen) atoms. The highest BCUT2D eigenvalue weighted by molar-refractivity contribution is 5.54. The maximum Gasteiger partial charge on any atom is 0.162 e. The molecule has 0 atom stereocenters. The van der Waals surface area contributed by atoms with E-state index in [1.54, 1.807) is 20.4 Å². The quantitative estimate of drug-likeness (QED) is 0.777. The van der Waals surface area contributed by atoms with Crippen LogP contribution in [0.3, 0.4) is 0 Å². The van der Waals surface area contributed by atoms with E-state index in [1.807, 2.05) is 30.7 Å². The summed E-state index contributed by atoms with van der Waals surface area (Å²) in [6.45, 7) is 1.86. The van der Waals surface area contributed by atoms with Crippen molar-refractivity contribution in [1.82, 2.24) is 9.55 Å². The van der Waals surface area contributed by atoms with E-state index in [0.717, 1.165) is 36.7 Å². The Morgan fingerprint density at radius 3 is 2.74 bits per heavy atom. The Labute approximate surface area is 113 Å². The number of aromatic nitrogens is 2. The smallest absolute Gasteiger partial charge is 0.162 e. The van der Waals surface area contributed by atoms with Gasteiger partial charge >= 0.3 is 0 Å². The molecule has 0 aliphatic heterocycles. The number of methoxy groups -OCH3 is 2. The van der Waals surface area contributed by atoms with Crippen LogP contribution in [0.1, 0.15) is 6.42 Å². The number of nitrogens with one attached hydrogen (secondary N) is 1. The van der Waals surface area contributed by atoms with Crippen LogP contribution in [0.5, 0.6) is 11.5 Å². The zero-order chi connectivity index (χ0) is 13.5. The van der Waals surface area contributed by atoms with Crippen molar-refractivity contribution in [2.45, 2.75) is 13.0 Å². The lowest BCUT2D eigenvalue weighted by atomic mass is 10.2. The number of anilines is 1. The molecule has 2 aromatic rings. The standard InChI is InChI=1S/C14H19N3O2/c1-18-13-5-4-12(10-14(13)19-2)16-6-3-8-17-9-7-15-11-17/h4-5,7,9-11,16H,3,6,8H2,1-2H3. The van der Waals surface area contributed by atoms with Gasteiger partial charge in [0.1, 0.15) is 0 Å². The van der Waals surface area contributed by atoms with E-state index in [9.17, 15) is 0 Å². The Kier molecular flexibility index (Phi) is 4.66. The van der Waals surface area contributed by atoms with Gasteiger partial charge in [0.05, 0.1) is 20.5 Å². The number of ether oxygens (including phenoxy) is 2. The van der Waals surface area contributed by atoms with Crippen molar-refractivity contribution in [2.24, 2.45) is 0 Å². The average Bonchev–Trinajstić information content (AvgIpc) is 2.96. The van der Waals surface area contributed by atoms with Crippen molar-refractivity contribution in [3.8, 4) is 11.5 Å². The van der Waals surface area contributed by atoms with Crippen molar-refractivity contribution >= 4 is 5.69 Å². The number of aryl methyl sites for hydroxylation is 1. The predicted molar refractivity (Wildman–Crippen MR) is 74.9 cm³/mol. The fourth-order valence-electron chi connectivity index (χ4n) is 1.86. The van der Waals surface area contributed by atoms with Crippen molar-refractivity contribution < 1.29 is 9.47 Å². The molecule has 2 rings (SSSR count). The third kappa shape index (κ3) is 3.64. The molecule has 5 heteroatoms. The number of rotatable bonds is 7. The van der Waals surface area contributed by atoms with Crippen LogP contribution >= 0.6 is 0 Å². The van der Waals surface area contributed by atoms with Crippen LogP contribution in [0.4, 0.5) is 5.69 Å². The molecule has 0 saturated carbocycles. The summed E-state index contributed by atoms with van der Waals surface area (Å²) in [4.78, 5) is 4.01. The van der Waals surface area contributed by atoms with Crippen LogP contribution in [0.25, 0.3) is 0 Å². The Balaban J connectivity index is 1.82. The summed E-state index contributed by atoms with van der Waals surface area (Å²) < 4.78 is 12.5. The van der Waals surface area contributed by atoms with E-state index >= 15 is 0 Å². The number of nitrogens with zero attached hydrogens (tertiary/aromatic N) is 2. The van der Waals surface area contributed by atoms with Crippen LogP contribution in [0.15, 0.2) is 36.9 Å². The molecule has 0 bridgehead atoms. The van der Waals surface area contributed by atoms with E-state index in [1.165, 1.54) is 0 Å². The third-order valence-electron chi connectivity index (χ3n) is 2.86. The molecule has 1 N–H and O–H groups in total. The average molecular weight is 261 g/mol. The van der Waals surface area contributed by atoms with Gasteiger partial charge in [-0.25, -0.2) is 4.98 Å². The summed E-state index contributed by atoms with van der Waals surface area (Å²) in [5.41, 5.74) is 1.03. The van der Waals surface area contributed by atoms with Gasteiger partial charge in [-0.15, -0.1) is 0 Å². The number of imidazole rings is 1. The largest absolute Gasteiger partial charge is 0.493 e. The Morgan fingerprint density at radius 2 is 2.05 bits per heavy atom. The first-order valence-electron chi connectivity index (χ1n) is 6.25.